The molecule has 0 fully saturated rings. The highest BCUT2D eigenvalue weighted by Gasteiger charge is 2.07. The molecule has 1 N–H and O–H groups in total. The number of carbonyl (C=O) groups excluding carboxylic acids is 1. The normalized spacial score (nSPS) is 9.31. The van der Waals surface area contributed by atoms with Crippen molar-refractivity contribution in [3.05, 3.63) is 23.8 Å². The van der Waals surface area contributed by atoms with Gasteiger partial charge in [-0.3, -0.25) is 4.79 Å². The average Bonchev–Trinajstić information content (AvgIpc) is 2.31. The SMILES string of the molecule is COc1ccc(CC#N)c(NC(=O)CCl)c1. The van der Waals surface area contributed by atoms with E-state index < -0.39 is 0 Å². The predicted molar refractivity (Wildman–Crippen MR) is 61.7 cm³/mol. The van der Waals surface area contributed by atoms with Crippen molar-refractivity contribution in [1.29, 1.82) is 5.26 Å². The molecular weight excluding hydrogens is 228 g/mol. The number of amides is 1. The highest BCUT2D eigenvalue weighted by molar-refractivity contribution is 6.29. The van der Waals surface area contributed by atoms with Crippen molar-refractivity contribution in [3.63, 3.8) is 0 Å². The topological polar surface area (TPSA) is 62.1 Å². The van der Waals surface area contributed by atoms with E-state index in [4.69, 9.17) is 21.6 Å². The van der Waals surface area contributed by atoms with Crippen molar-refractivity contribution in [2.45, 2.75) is 6.42 Å². The first-order valence-corrected chi connectivity index (χ1v) is 5.14. The van der Waals surface area contributed by atoms with Gasteiger partial charge in [0.25, 0.3) is 0 Å². The maximum Gasteiger partial charge on any atom is 0.239 e. The Hall–Kier alpha value is -1.73. The lowest BCUT2D eigenvalue weighted by atomic mass is 10.1. The van der Waals surface area contributed by atoms with Gasteiger partial charge in [0, 0.05) is 11.8 Å². The lowest BCUT2D eigenvalue weighted by Crippen LogP contribution is -2.14. The van der Waals surface area contributed by atoms with Crippen LogP contribution in [0, 0.1) is 11.3 Å². The van der Waals surface area contributed by atoms with Gasteiger partial charge in [0.2, 0.25) is 5.91 Å². The standard InChI is InChI=1S/C11H11ClN2O2/c1-16-9-3-2-8(4-5-13)10(6-9)14-11(15)7-12/h2-3,6H,4,7H2,1H3,(H,14,15). The number of ether oxygens (including phenoxy) is 1. The molecule has 0 aliphatic carbocycles. The number of nitriles is 1. The Balaban J connectivity index is 3.00. The van der Waals surface area contributed by atoms with Gasteiger partial charge in [0.15, 0.2) is 0 Å². The third-order valence-corrected chi connectivity index (χ3v) is 2.22. The molecule has 0 bridgehead atoms. The van der Waals surface area contributed by atoms with Crippen LogP contribution in [0.5, 0.6) is 5.75 Å². The van der Waals surface area contributed by atoms with Gasteiger partial charge in [-0.25, -0.2) is 0 Å². The number of methoxy groups -OCH3 is 1. The van der Waals surface area contributed by atoms with E-state index in [-0.39, 0.29) is 18.2 Å². The molecule has 84 valence electrons. The van der Waals surface area contributed by atoms with E-state index in [0.29, 0.717) is 11.4 Å². The average molecular weight is 239 g/mol. The van der Waals surface area contributed by atoms with E-state index in [0.717, 1.165) is 5.56 Å². The van der Waals surface area contributed by atoms with E-state index in [9.17, 15) is 4.79 Å². The lowest BCUT2D eigenvalue weighted by Gasteiger charge is -2.09. The first kappa shape index (κ1) is 12.3. The summed E-state index contributed by atoms with van der Waals surface area (Å²) in [6.45, 7) is 0. The van der Waals surface area contributed by atoms with Gasteiger partial charge < -0.3 is 10.1 Å². The van der Waals surface area contributed by atoms with Crippen LogP contribution >= 0.6 is 11.6 Å². The fourth-order valence-electron chi connectivity index (χ4n) is 1.22. The maximum absolute atomic E-state index is 11.2. The fraction of sp³-hybridized carbons (Fsp3) is 0.273. The van der Waals surface area contributed by atoms with Crippen molar-refractivity contribution in [1.82, 2.24) is 0 Å². The summed E-state index contributed by atoms with van der Waals surface area (Å²) in [5, 5.41) is 11.3. The summed E-state index contributed by atoms with van der Waals surface area (Å²) < 4.78 is 5.04. The number of anilines is 1. The first-order valence-electron chi connectivity index (χ1n) is 4.61. The van der Waals surface area contributed by atoms with Crippen LogP contribution in [0.25, 0.3) is 0 Å². The van der Waals surface area contributed by atoms with Crippen molar-refractivity contribution in [2.24, 2.45) is 0 Å². The summed E-state index contributed by atoms with van der Waals surface area (Å²) in [6.07, 6.45) is 0.224. The number of hydrogen-bond acceptors (Lipinski definition) is 3. The van der Waals surface area contributed by atoms with Crippen molar-refractivity contribution < 1.29 is 9.53 Å². The summed E-state index contributed by atoms with van der Waals surface area (Å²) >= 11 is 5.40. The Morgan fingerprint density at radius 2 is 2.38 bits per heavy atom. The molecule has 0 atom stereocenters. The van der Waals surface area contributed by atoms with Crippen LogP contribution in [0.15, 0.2) is 18.2 Å². The second kappa shape index (κ2) is 5.99. The quantitative estimate of drug-likeness (QED) is 0.816. The summed E-state index contributed by atoms with van der Waals surface area (Å²) in [7, 11) is 1.53. The van der Waals surface area contributed by atoms with E-state index >= 15 is 0 Å². The summed E-state index contributed by atoms with van der Waals surface area (Å²) in [4.78, 5) is 11.2. The number of rotatable bonds is 4. The van der Waals surface area contributed by atoms with Gasteiger partial charge in [-0.05, 0) is 11.6 Å². The maximum atomic E-state index is 11.2. The van der Waals surface area contributed by atoms with Gasteiger partial charge in [-0.15, -0.1) is 11.6 Å². The van der Waals surface area contributed by atoms with Crippen LogP contribution < -0.4 is 10.1 Å². The minimum absolute atomic E-state index is 0.122. The third kappa shape index (κ3) is 3.14. The Morgan fingerprint density at radius 3 is 2.94 bits per heavy atom. The molecular formula is C11H11ClN2O2. The molecule has 1 aromatic rings. The number of nitrogens with zero attached hydrogens (tertiary/aromatic N) is 1. The largest absolute Gasteiger partial charge is 0.497 e. The van der Waals surface area contributed by atoms with Crippen LogP contribution in [0.2, 0.25) is 0 Å². The molecule has 0 radical (unpaired) electrons. The Labute approximate surface area is 98.8 Å². The van der Waals surface area contributed by atoms with Crippen LogP contribution in [0.4, 0.5) is 5.69 Å². The number of hydrogen-bond donors (Lipinski definition) is 1. The fourth-order valence-corrected chi connectivity index (χ4v) is 1.29. The van der Waals surface area contributed by atoms with Crippen LogP contribution in [0.3, 0.4) is 0 Å². The smallest absolute Gasteiger partial charge is 0.239 e. The summed E-state index contributed by atoms with van der Waals surface area (Å²) in [5.74, 6) is 0.184. The number of nitrogens with one attached hydrogen (secondary N) is 1. The Bertz CT molecular complexity index is 426. The molecule has 1 amide bonds. The number of alkyl halides is 1. The van der Waals surface area contributed by atoms with Gasteiger partial charge in [-0.1, -0.05) is 6.07 Å². The van der Waals surface area contributed by atoms with E-state index in [1.807, 2.05) is 6.07 Å². The zero-order chi connectivity index (χ0) is 12.0. The molecule has 16 heavy (non-hydrogen) atoms. The number of carbonyl (C=O) groups is 1. The van der Waals surface area contributed by atoms with Gasteiger partial charge in [0.05, 0.1) is 19.6 Å². The second-order valence-electron chi connectivity index (χ2n) is 3.04. The van der Waals surface area contributed by atoms with Crippen LogP contribution in [0.1, 0.15) is 5.56 Å². The molecule has 5 heteroatoms. The zero-order valence-corrected chi connectivity index (χ0v) is 9.54. The third-order valence-electron chi connectivity index (χ3n) is 1.98. The molecule has 0 aliphatic heterocycles. The summed E-state index contributed by atoms with van der Waals surface area (Å²) in [6, 6.07) is 7.17. The summed E-state index contributed by atoms with van der Waals surface area (Å²) in [5.41, 5.74) is 1.30. The molecule has 1 aromatic carbocycles. The number of halogens is 1. The minimum atomic E-state index is -0.311. The minimum Gasteiger partial charge on any atom is -0.497 e. The van der Waals surface area contributed by atoms with Crippen molar-refractivity contribution in [3.8, 4) is 11.8 Å². The predicted octanol–water partition coefficient (Wildman–Crippen LogP) is 1.94. The van der Waals surface area contributed by atoms with E-state index in [1.54, 1.807) is 18.2 Å². The highest BCUT2D eigenvalue weighted by Crippen LogP contribution is 2.22. The molecule has 1 rings (SSSR count). The molecule has 0 unspecified atom stereocenters. The molecule has 0 saturated carbocycles. The van der Waals surface area contributed by atoms with Gasteiger partial charge in [-0.2, -0.15) is 5.26 Å². The van der Waals surface area contributed by atoms with Crippen molar-refractivity contribution in [2.75, 3.05) is 18.3 Å². The van der Waals surface area contributed by atoms with Crippen LogP contribution in [-0.4, -0.2) is 18.9 Å². The first-order chi connectivity index (χ1) is 7.71. The van der Waals surface area contributed by atoms with Gasteiger partial charge >= 0.3 is 0 Å². The zero-order valence-electron chi connectivity index (χ0n) is 8.79. The second-order valence-corrected chi connectivity index (χ2v) is 3.31. The van der Waals surface area contributed by atoms with Crippen molar-refractivity contribution >= 4 is 23.2 Å². The van der Waals surface area contributed by atoms with Gasteiger partial charge in [0.1, 0.15) is 11.6 Å². The monoisotopic (exact) mass is 238 g/mol. The Kier molecular flexibility index (Phi) is 4.62. The molecule has 4 nitrogen and oxygen atoms in total. The van der Waals surface area contributed by atoms with E-state index in [2.05, 4.69) is 5.32 Å². The van der Waals surface area contributed by atoms with E-state index in [1.165, 1.54) is 7.11 Å². The number of benzene rings is 1. The molecule has 0 heterocycles. The highest BCUT2D eigenvalue weighted by atomic mass is 35.5. The molecule has 0 aliphatic rings. The molecule has 0 aromatic heterocycles. The Morgan fingerprint density at radius 1 is 1.62 bits per heavy atom. The molecule has 0 spiro atoms. The lowest BCUT2D eigenvalue weighted by molar-refractivity contribution is -0.113. The van der Waals surface area contributed by atoms with Crippen LogP contribution in [-0.2, 0) is 11.2 Å². The molecule has 0 saturated heterocycles.